The number of nitrogens with two attached hydrogens (primary N) is 1. The van der Waals surface area contributed by atoms with Crippen LogP contribution in [-0.2, 0) is 27.0 Å². The number of nitrogens with zero attached hydrogens (tertiary/aromatic N) is 2. The fourth-order valence-corrected chi connectivity index (χ4v) is 8.81. The Labute approximate surface area is 482 Å². The lowest BCUT2D eigenvalue weighted by Crippen LogP contribution is -2.44. The molecule has 0 bridgehead atoms. The van der Waals surface area contributed by atoms with E-state index >= 15 is 0 Å². The van der Waals surface area contributed by atoms with Crippen molar-refractivity contribution < 1.29 is 57.1 Å². The summed E-state index contributed by atoms with van der Waals surface area (Å²) in [4.78, 5) is 48.3. The van der Waals surface area contributed by atoms with Crippen LogP contribution in [0.1, 0.15) is 157 Å². The van der Waals surface area contributed by atoms with Gasteiger partial charge in [-0.25, -0.2) is 23.5 Å². The Bertz CT molecular complexity index is 3290. The molecule has 0 radical (unpaired) electrons. The maximum absolute atomic E-state index is 14.0. The number of aromatic nitrogens is 2. The summed E-state index contributed by atoms with van der Waals surface area (Å²) in [6.45, 7) is 15.8. The predicted octanol–water partition coefficient (Wildman–Crippen LogP) is 13.9. The Morgan fingerprint density at radius 2 is 1.00 bits per heavy atom. The number of carbonyl (C=O) groups is 3. The largest absolute Gasteiger partial charge is 0.493 e. The molecule has 18 heteroatoms. The molecule has 2 aliphatic rings. The molecule has 0 spiro atoms. The average molecular weight is 1150 g/mol. The number of halogens is 4. The molecule has 0 aliphatic heterocycles. The summed E-state index contributed by atoms with van der Waals surface area (Å²) in [5.74, 6) is 0.761. The zero-order valence-corrected chi connectivity index (χ0v) is 49.2. The smallest absolute Gasteiger partial charge is 0.408 e. The quantitative estimate of drug-likeness (QED) is 0.0496. The van der Waals surface area contributed by atoms with Crippen LogP contribution >= 0.6 is 23.2 Å². The average Bonchev–Trinajstić information content (AvgIpc) is 4.46. The van der Waals surface area contributed by atoms with Gasteiger partial charge in [0.1, 0.15) is 28.4 Å². The molecule has 0 saturated heterocycles. The highest BCUT2D eigenvalue weighted by atomic mass is 35.5. The molecule has 2 aromatic heterocycles. The van der Waals surface area contributed by atoms with Gasteiger partial charge in [-0.05, 0) is 209 Å². The molecule has 14 nitrogen and oxygen atoms in total. The number of amides is 1. The number of rotatable bonds is 21. The minimum atomic E-state index is -1.55. The predicted molar refractivity (Wildman–Crippen MR) is 308 cm³/mol. The normalized spacial score (nSPS) is 15.0. The van der Waals surface area contributed by atoms with Gasteiger partial charge in [-0.3, -0.25) is 9.59 Å². The van der Waals surface area contributed by atoms with Crippen molar-refractivity contribution >= 4 is 40.9 Å². The molecule has 81 heavy (non-hydrogen) atoms. The summed E-state index contributed by atoms with van der Waals surface area (Å²) in [6.07, 6.45) is 4.08. The Balaban J connectivity index is 0.000000237. The highest BCUT2D eigenvalue weighted by molar-refractivity contribution is 6.31. The molecule has 2 aliphatic carbocycles. The summed E-state index contributed by atoms with van der Waals surface area (Å²) in [6, 6.07) is 25.7. The van der Waals surface area contributed by atoms with Gasteiger partial charge in [0, 0.05) is 40.6 Å². The third-order valence-corrected chi connectivity index (χ3v) is 14.3. The topological polar surface area (TPSA) is 202 Å². The molecule has 2 heterocycles. The first kappa shape index (κ1) is 61.9. The second-order valence-corrected chi connectivity index (χ2v) is 24.1. The molecule has 2 saturated carbocycles. The van der Waals surface area contributed by atoms with E-state index in [-0.39, 0.29) is 65.2 Å². The molecule has 2 atom stereocenters. The van der Waals surface area contributed by atoms with E-state index in [0.29, 0.717) is 67.9 Å². The van der Waals surface area contributed by atoms with Crippen LogP contribution in [0.25, 0.3) is 22.5 Å². The van der Waals surface area contributed by atoms with E-state index in [1.165, 1.54) is 44.6 Å². The SMILES string of the molecule is COc1cc(C(=O)CCC(C)(O)c2cc(C(C)(C)N)cc(-c3ccc(F)c(Cl)c3)n2)ccc1OC1CC1.COc1cc(C(=O)CCC(C)(O)c2cc(C(C)(C)NC(=O)OC(C)(C)C)cc(-c3ccc(F)c(Cl)c3)n2)ccc1OC1CC1. The van der Waals surface area contributed by atoms with E-state index in [2.05, 4.69) is 10.3 Å². The number of nitrogens with one attached hydrogen (secondary N) is 1. The number of carbonyl (C=O) groups excluding carboxylic acids is 3. The van der Waals surface area contributed by atoms with Crippen LogP contribution in [0.15, 0.2) is 97.1 Å². The van der Waals surface area contributed by atoms with E-state index in [1.54, 1.807) is 115 Å². The Hall–Kier alpha value is -6.69. The summed E-state index contributed by atoms with van der Waals surface area (Å²) < 4.78 is 55.7. The molecule has 6 aromatic rings. The van der Waals surface area contributed by atoms with Crippen molar-refractivity contribution in [1.82, 2.24) is 15.3 Å². The van der Waals surface area contributed by atoms with Gasteiger partial charge in [-0.15, -0.1) is 0 Å². The van der Waals surface area contributed by atoms with Gasteiger partial charge in [-0.2, -0.15) is 0 Å². The molecular formula is C63H72Cl2F2N4O10. The Kier molecular flexibility index (Phi) is 19.0. The van der Waals surface area contributed by atoms with E-state index < -0.39 is 45.6 Å². The van der Waals surface area contributed by atoms with Crippen LogP contribution in [0.5, 0.6) is 23.0 Å². The van der Waals surface area contributed by atoms with Gasteiger partial charge >= 0.3 is 6.09 Å². The Morgan fingerprint density at radius 1 is 0.593 bits per heavy atom. The van der Waals surface area contributed by atoms with E-state index in [4.69, 9.17) is 57.6 Å². The number of benzene rings is 4. The van der Waals surface area contributed by atoms with Gasteiger partial charge < -0.3 is 44.9 Å². The monoisotopic (exact) mass is 1150 g/mol. The lowest BCUT2D eigenvalue weighted by atomic mass is 9.87. The number of ketones is 2. The van der Waals surface area contributed by atoms with Gasteiger partial charge in [0.05, 0.1) is 64.8 Å². The fourth-order valence-electron chi connectivity index (χ4n) is 8.45. The van der Waals surface area contributed by atoms with Crippen LogP contribution in [0.4, 0.5) is 13.6 Å². The number of ether oxygens (including phenoxy) is 5. The molecule has 2 unspecified atom stereocenters. The number of aliphatic hydroxyl groups is 2. The third-order valence-electron chi connectivity index (χ3n) is 13.7. The number of alkyl carbamates (subject to hydrolysis) is 1. The van der Waals surface area contributed by atoms with Crippen LogP contribution in [0, 0.1) is 11.6 Å². The highest BCUT2D eigenvalue weighted by Gasteiger charge is 2.34. The van der Waals surface area contributed by atoms with Gasteiger partial charge in [-0.1, -0.05) is 23.2 Å². The van der Waals surface area contributed by atoms with Crippen molar-refractivity contribution in [2.24, 2.45) is 5.73 Å². The summed E-state index contributed by atoms with van der Waals surface area (Å²) >= 11 is 12.1. The van der Waals surface area contributed by atoms with Crippen molar-refractivity contribution in [3.8, 4) is 45.5 Å². The number of pyridine rings is 2. The summed E-state index contributed by atoms with van der Waals surface area (Å²) in [5.41, 5.74) is 5.85. The summed E-state index contributed by atoms with van der Waals surface area (Å²) in [5, 5.41) is 25.8. The summed E-state index contributed by atoms with van der Waals surface area (Å²) in [7, 11) is 3.06. The number of Topliss-reactive ketones (excluding diaryl/α,β-unsaturated/α-hetero) is 2. The zero-order valence-electron chi connectivity index (χ0n) is 47.7. The maximum Gasteiger partial charge on any atom is 0.408 e. The van der Waals surface area contributed by atoms with E-state index in [1.807, 2.05) is 13.8 Å². The molecule has 4 aromatic carbocycles. The number of hydrogen-bond donors (Lipinski definition) is 4. The van der Waals surface area contributed by atoms with E-state index in [0.717, 1.165) is 31.2 Å². The minimum Gasteiger partial charge on any atom is -0.493 e. The van der Waals surface area contributed by atoms with Crippen LogP contribution in [0.3, 0.4) is 0 Å². The minimum absolute atomic E-state index is 0.0160. The first-order valence-electron chi connectivity index (χ1n) is 26.8. The lowest BCUT2D eigenvalue weighted by Gasteiger charge is -2.31. The molecule has 5 N–H and O–H groups in total. The van der Waals surface area contributed by atoms with Gasteiger partial charge in [0.25, 0.3) is 0 Å². The fraction of sp³-hybridized carbons (Fsp3) is 0.413. The van der Waals surface area contributed by atoms with Crippen molar-refractivity contribution in [3.05, 3.63) is 152 Å². The van der Waals surface area contributed by atoms with Crippen molar-refractivity contribution in [2.45, 2.75) is 154 Å². The standard InChI is InChI=1S/C34H40ClFN2O6.C29H32ClFN2O4/c1-32(2,3)44-31(40)38-33(4,5)22-18-26(20-8-12-25(36)24(35)16-20)37-30(19-22)34(6,41)15-14-27(39)21-9-13-28(29(17-21)42-7)43-23-10-11-23;1-28(2,32)19-15-23(17-5-9-22(31)21(30)13-17)33-27(16-19)29(3,35)12-11-24(34)18-6-10-25(26(14-18)36-4)37-20-7-8-20/h8-9,12-13,16-19,23,41H,10-11,14-15H2,1-7H3,(H,38,40);5-6,9-10,13-16,20,35H,7-8,11-12,32H2,1-4H3. The van der Waals surface area contributed by atoms with Crippen molar-refractivity contribution in [2.75, 3.05) is 14.2 Å². The molecule has 8 rings (SSSR count). The van der Waals surface area contributed by atoms with Gasteiger partial charge in [0.15, 0.2) is 34.6 Å². The first-order chi connectivity index (χ1) is 37.8. The number of methoxy groups -OCH3 is 2. The lowest BCUT2D eigenvalue weighted by molar-refractivity contribution is 0.0393. The maximum atomic E-state index is 14.0. The van der Waals surface area contributed by atoms with Crippen molar-refractivity contribution in [3.63, 3.8) is 0 Å². The molecule has 1 amide bonds. The zero-order chi connectivity index (χ0) is 59.4. The first-order valence-corrected chi connectivity index (χ1v) is 27.6. The van der Waals surface area contributed by atoms with Crippen LogP contribution in [0.2, 0.25) is 10.0 Å². The molecular weight excluding hydrogens is 1080 g/mol. The molecule has 432 valence electrons. The second-order valence-electron chi connectivity index (χ2n) is 23.2. The third kappa shape index (κ3) is 16.7. The van der Waals surface area contributed by atoms with E-state index in [9.17, 15) is 33.4 Å². The number of hydrogen-bond acceptors (Lipinski definition) is 13. The highest BCUT2D eigenvalue weighted by Crippen LogP contribution is 2.39. The van der Waals surface area contributed by atoms with Crippen LogP contribution < -0.4 is 30.0 Å². The molecule has 2 fully saturated rings. The second kappa shape index (κ2) is 24.8. The van der Waals surface area contributed by atoms with Gasteiger partial charge in [0.2, 0.25) is 0 Å². The van der Waals surface area contributed by atoms with Crippen molar-refractivity contribution in [1.29, 1.82) is 0 Å². The van der Waals surface area contributed by atoms with Crippen LogP contribution in [-0.4, -0.2) is 69.9 Å². The Morgan fingerprint density at radius 3 is 1.37 bits per heavy atom.